The molecule has 1 fully saturated rings. The summed E-state index contributed by atoms with van der Waals surface area (Å²) in [5, 5.41) is 10.6. The van der Waals surface area contributed by atoms with E-state index in [2.05, 4.69) is 5.32 Å². The first kappa shape index (κ1) is 12.8. The maximum absolute atomic E-state index is 11.7. The molecule has 0 bridgehead atoms. The molecule has 2 unspecified atom stereocenters. The van der Waals surface area contributed by atoms with Crippen LogP contribution in [-0.4, -0.2) is 42.0 Å². The van der Waals surface area contributed by atoms with E-state index in [9.17, 15) is 9.59 Å². The van der Waals surface area contributed by atoms with Crippen LogP contribution in [0.25, 0.3) is 0 Å². The Labute approximate surface area is 93.9 Å². The van der Waals surface area contributed by atoms with E-state index in [-0.39, 0.29) is 12.6 Å². The van der Waals surface area contributed by atoms with Crippen LogP contribution in [0.4, 0.5) is 4.79 Å². The molecular weight excluding hydrogens is 214 g/mol. The number of carbonyl (C=O) groups excluding carboxylic acids is 1. The summed E-state index contributed by atoms with van der Waals surface area (Å²) in [5.74, 6) is -0.987. The molecule has 1 aliphatic rings. The molecule has 2 N–H and O–H groups in total. The highest BCUT2D eigenvalue weighted by molar-refractivity contribution is 5.75. The third kappa shape index (κ3) is 4.48. The van der Waals surface area contributed by atoms with Gasteiger partial charge in [-0.05, 0) is 20.8 Å². The molecule has 1 amide bonds. The fourth-order valence-corrected chi connectivity index (χ4v) is 1.23. The number of hydrogen-bond donors (Lipinski definition) is 2. The van der Waals surface area contributed by atoms with Crippen molar-refractivity contribution in [1.82, 2.24) is 5.32 Å². The van der Waals surface area contributed by atoms with Crippen molar-refractivity contribution in [1.29, 1.82) is 0 Å². The molecule has 0 aliphatic carbocycles. The van der Waals surface area contributed by atoms with Crippen LogP contribution in [-0.2, 0) is 14.3 Å². The van der Waals surface area contributed by atoms with E-state index in [0.29, 0.717) is 6.61 Å². The van der Waals surface area contributed by atoms with Gasteiger partial charge in [-0.1, -0.05) is 0 Å². The largest absolute Gasteiger partial charge is 0.465 e. The normalized spacial score (nSPS) is 21.1. The maximum atomic E-state index is 11.7. The molecular formula is C10H17NO5. The van der Waals surface area contributed by atoms with E-state index in [1.807, 2.05) is 0 Å². The zero-order valence-electron chi connectivity index (χ0n) is 9.65. The van der Waals surface area contributed by atoms with Crippen molar-refractivity contribution in [2.24, 2.45) is 5.92 Å². The first-order valence-corrected chi connectivity index (χ1v) is 5.11. The Morgan fingerprint density at radius 2 is 2.12 bits per heavy atom. The third-order valence-corrected chi connectivity index (χ3v) is 1.99. The van der Waals surface area contributed by atoms with Crippen molar-refractivity contribution in [2.45, 2.75) is 32.5 Å². The number of carboxylic acid groups (broad SMARTS) is 1. The standard InChI is InChI=1S/C10H17NO5/c1-10(2,3)16-8(12)6(7-5-15-7)4-11-9(13)14/h6-7,11H,4-5H2,1-3H3,(H,13,14). The molecule has 1 rings (SSSR count). The highest BCUT2D eigenvalue weighted by atomic mass is 16.6. The topological polar surface area (TPSA) is 88.2 Å². The molecule has 6 heteroatoms. The van der Waals surface area contributed by atoms with Crippen LogP contribution < -0.4 is 5.32 Å². The van der Waals surface area contributed by atoms with Gasteiger partial charge in [0.05, 0.1) is 12.7 Å². The third-order valence-electron chi connectivity index (χ3n) is 1.99. The predicted octanol–water partition coefficient (Wildman–Crippen LogP) is 0.611. The van der Waals surface area contributed by atoms with Crippen LogP contribution in [0, 0.1) is 5.92 Å². The van der Waals surface area contributed by atoms with Crippen LogP contribution in [0.2, 0.25) is 0 Å². The van der Waals surface area contributed by atoms with Crippen LogP contribution in [0.15, 0.2) is 0 Å². The maximum Gasteiger partial charge on any atom is 0.404 e. The zero-order valence-corrected chi connectivity index (χ0v) is 9.65. The molecule has 1 heterocycles. The summed E-state index contributed by atoms with van der Waals surface area (Å²) in [4.78, 5) is 22.1. The van der Waals surface area contributed by atoms with Crippen LogP contribution in [0.3, 0.4) is 0 Å². The van der Waals surface area contributed by atoms with Gasteiger partial charge in [-0.15, -0.1) is 0 Å². The average Bonchev–Trinajstić information content (AvgIpc) is 2.84. The first-order chi connectivity index (χ1) is 7.29. The van der Waals surface area contributed by atoms with E-state index >= 15 is 0 Å². The molecule has 0 aromatic heterocycles. The zero-order chi connectivity index (χ0) is 12.3. The van der Waals surface area contributed by atoms with Gasteiger partial charge in [-0.2, -0.15) is 0 Å². The van der Waals surface area contributed by atoms with Crippen molar-refractivity contribution in [3.63, 3.8) is 0 Å². The lowest BCUT2D eigenvalue weighted by Crippen LogP contribution is -2.38. The second-order valence-corrected chi connectivity index (χ2v) is 4.70. The Hall–Kier alpha value is -1.30. The number of carbonyl (C=O) groups is 2. The summed E-state index contributed by atoms with van der Waals surface area (Å²) >= 11 is 0. The Kier molecular flexibility index (Phi) is 3.74. The van der Waals surface area contributed by atoms with E-state index in [1.165, 1.54) is 0 Å². The van der Waals surface area contributed by atoms with Crippen molar-refractivity contribution >= 4 is 12.1 Å². The first-order valence-electron chi connectivity index (χ1n) is 5.11. The predicted molar refractivity (Wildman–Crippen MR) is 55.1 cm³/mol. The summed E-state index contributed by atoms with van der Waals surface area (Å²) in [6.45, 7) is 5.79. The fraction of sp³-hybridized carbons (Fsp3) is 0.800. The van der Waals surface area contributed by atoms with Crippen molar-refractivity contribution in [3.05, 3.63) is 0 Å². The second-order valence-electron chi connectivity index (χ2n) is 4.70. The fourth-order valence-electron chi connectivity index (χ4n) is 1.23. The molecule has 0 radical (unpaired) electrons. The number of nitrogens with one attached hydrogen (secondary N) is 1. The van der Waals surface area contributed by atoms with Crippen LogP contribution in [0.5, 0.6) is 0 Å². The number of amides is 1. The lowest BCUT2D eigenvalue weighted by Gasteiger charge is -2.23. The van der Waals surface area contributed by atoms with Gasteiger partial charge in [-0.25, -0.2) is 4.79 Å². The van der Waals surface area contributed by atoms with Gasteiger partial charge in [0.1, 0.15) is 11.5 Å². The van der Waals surface area contributed by atoms with Crippen molar-refractivity contribution in [3.8, 4) is 0 Å². The smallest absolute Gasteiger partial charge is 0.404 e. The number of ether oxygens (including phenoxy) is 2. The molecule has 1 aliphatic heterocycles. The lowest BCUT2D eigenvalue weighted by atomic mass is 10.1. The molecule has 1 saturated heterocycles. The summed E-state index contributed by atoms with van der Waals surface area (Å²) in [6.07, 6.45) is -1.38. The summed E-state index contributed by atoms with van der Waals surface area (Å²) < 4.78 is 10.2. The quantitative estimate of drug-likeness (QED) is 0.546. The molecule has 6 nitrogen and oxygen atoms in total. The summed E-state index contributed by atoms with van der Waals surface area (Å²) in [5.41, 5.74) is -0.576. The van der Waals surface area contributed by atoms with E-state index in [1.54, 1.807) is 20.8 Å². The molecule has 92 valence electrons. The van der Waals surface area contributed by atoms with Gasteiger partial charge in [0, 0.05) is 6.54 Å². The summed E-state index contributed by atoms with van der Waals surface area (Å²) in [7, 11) is 0. The Bertz CT molecular complexity index is 279. The SMILES string of the molecule is CC(C)(C)OC(=O)C(CNC(=O)O)C1CO1. The minimum Gasteiger partial charge on any atom is -0.465 e. The molecule has 0 saturated carbocycles. The minimum absolute atomic E-state index is 0.0227. The Balaban J connectivity index is 2.49. The van der Waals surface area contributed by atoms with E-state index < -0.39 is 23.6 Å². The second kappa shape index (κ2) is 4.69. The van der Waals surface area contributed by atoms with Crippen LogP contribution >= 0.6 is 0 Å². The molecule has 0 aromatic carbocycles. The van der Waals surface area contributed by atoms with Gasteiger partial charge >= 0.3 is 12.1 Å². The Morgan fingerprint density at radius 3 is 2.50 bits per heavy atom. The van der Waals surface area contributed by atoms with E-state index in [0.717, 1.165) is 0 Å². The van der Waals surface area contributed by atoms with Gasteiger partial charge in [0.2, 0.25) is 0 Å². The molecule has 0 spiro atoms. The highest BCUT2D eigenvalue weighted by Gasteiger charge is 2.40. The van der Waals surface area contributed by atoms with Crippen molar-refractivity contribution in [2.75, 3.05) is 13.2 Å². The minimum atomic E-state index is -1.16. The van der Waals surface area contributed by atoms with Gasteiger partial charge < -0.3 is 19.9 Å². The van der Waals surface area contributed by atoms with Gasteiger partial charge in [0.15, 0.2) is 0 Å². The van der Waals surface area contributed by atoms with Crippen molar-refractivity contribution < 1.29 is 24.2 Å². The highest BCUT2D eigenvalue weighted by Crippen LogP contribution is 2.23. The summed E-state index contributed by atoms with van der Waals surface area (Å²) in [6, 6.07) is 0. The number of rotatable bonds is 4. The Morgan fingerprint density at radius 1 is 1.56 bits per heavy atom. The van der Waals surface area contributed by atoms with Crippen LogP contribution in [0.1, 0.15) is 20.8 Å². The molecule has 2 atom stereocenters. The molecule has 0 aromatic rings. The number of epoxide rings is 1. The van der Waals surface area contributed by atoms with Gasteiger partial charge in [-0.3, -0.25) is 4.79 Å². The number of hydrogen-bond acceptors (Lipinski definition) is 4. The average molecular weight is 231 g/mol. The molecule has 16 heavy (non-hydrogen) atoms. The van der Waals surface area contributed by atoms with Gasteiger partial charge in [0.25, 0.3) is 0 Å². The lowest BCUT2D eigenvalue weighted by molar-refractivity contribution is -0.160. The number of esters is 1. The monoisotopic (exact) mass is 231 g/mol. The van der Waals surface area contributed by atoms with E-state index in [4.69, 9.17) is 14.6 Å².